The van der Waals surface area contributed by atoms with Gasteiger partial charge in [0, 0.05) is 4.47 Å². The van der Waals surface area contributed by atoms with Gasteiger partial charge < -0.3 is 10.8 Å². The van der Waals surface area contributed by atoms with Crippen LogP contribution < -0.4 is 17.0 Å². The zero-order valence-electron chi connectivity index (χ0n) is 9.38. The van der Waals surface area contributed by atoms with Crippen LogP contribution >= 0.6 is 15.9 Å². The summed E-state index contributed by atoms with van der Waals surface area (Å²) in [5.41, 5.74) is 2.71. The van der Waals surface area contributed by atoms with Crippen molar-refractivity contribution in [3.63, 3.8) is 0 Å². The number of rotatable bonds is 2. The molecule has 0 saturated carbocycles. The van der Waals surface area contributed by atoms with Crippen LogP contribution in [0.15, 0.2) is 38.3 Å². The number of H-pyrrole nitrogens is 1. The van der Waals surface area contributed by atoms with Gasteiger partial charge in [0.25, 0.3) is 11.5 Å². The Labute approximate surface area is 114 Å². The standard InChI is InChI=1S/C11H8BrN3O4/c12-5-2-1-3-6(4-5)15-10(18)7(8(13)16)9(17)14-11(15)19/h1-4,18H,(H2,13,16)(H,14,17,19). The maximum absolute atomic E-state index is 11.7. The Morgan fingerprint density at radius 2 is 2.05 bits per heavy atom. The van der Waals surface area contributed by atoms with Crippen molar-refractivity contribution in [3.05, 3.63) is 55.1 Å². The second-order valence-electron chi connectivity index (χ2n) is 3.64. The minimum atomic E-state index is -1.12. The van der Waals surface area contributed by atoms with E-state index in [0.29, 0.717) is 4.47 Å². The number of nitrogens with zero attached hydrogens (tertiary/aromatic N) is 1. The van der Waals surface area contributed by atoms with Crippen LogP contribution in [0.2, 0.25) is 0 Å². The van der Waals surface area contributed by atoms with Crippen molar-refractivity contribution in [2.24, 2.45) is 5.73 Å². The molecule has 2 aromatic rings. The molecule has 4 N–H and O–H groups in total. The quantitative estimate of drug-likeness (QED) is 0.725. The number of nitrogens with two attached hydrogens (primary N) is 1. The molecule has 0 atom stereocenters. The van der Waals surface area contributed by atoms with Gasteiger partial charge in [0.05, 0.1) is 5.69 Å². The first-order valence-corrected chi connectivity index (χ1v) is 5.85. The summed E-state index contributed by atoms with van der Waals surface area (Å²) in [5.74, 6) is -1.91. The van der Waals surface area contributed by atoms with E-state index in [0.717, 1.165) is 4.57 Å². The van der Waals surface area contributed by atoms with Gasteiger partial charge in [0.15, 0.2) is 5.56 Å². The van der Waals surface area contributed by atoms with E-state index in [4.69, 9.17) is 5.73 Å². The molecule has 0 fully saturated rings. The van der Waals surface area contributed by atoms with E-state index >= 15 is 0 Å². The van der Waals surface area contributed by atoms with Gasteiger partial charge in [-0.25, -0.2) is 9.36 Å². The van der Waals surface area contributed by atoms with Crippen molar-refractivity contribution in [2.45, 2.75) is 0 Å². The van der Waals surface area contributed by atoms with Crippen molar-refractivity contribution < 1.29 is 9.90 Å². The van der Waals surface area contributed by atoms with E-state index in [9.17, 15) is 19.5 Å². The number of hydrogen-bond acceptors (Lipinski definition) is 4. The SMILES string of the molecule is NC(=O)c1c(O)n(-c2cccc(Br)c2)c(=O)[nH]c1=O. The summed E-state index contributed by atoms with van der Waals surface area (Å²) in [6.45, 7) is 0. The van der Waals surface area contributed by atoms with Crippen LogP contribution in [0.5, 0.6) is 5.88 Å². The highest BCUT2D eigenvalue weighted by Crippen LogP contribution is 2.19. The first-order valence-electron chi connectivity index (χ1n) is 5.06. The maximum Gasteiger partial charge on any atom is 0.335 e. The molecule has 1 aromatic carbocycles. The third-order valence-electron chi connectivity index (χ3n) is 2.40. The molecule has 1 aromatic heterocycles. The van der Waals surface area contributed by atoms with E-state index in [1.165, 1.54) is 12.1 Å². The number of benzene rings is 1. The Balaban J connectivity index is 2.85. The Hall–Kier alpha value is -2.35. The summed E-state index contributed by atoms with van der Waals surface area (Å²) >= 11 is 3.21. The number of nitrogens with one attached hydrogen (secondary N) is 1. The molecule has 0 aliphatic carbocycles. The minimum absolute atomic E-state index is 0.274. The maximum atomic E-state index is 11.7. The molecule has 0 aliphatic heterocycles. The van der Waals surface area contributed by atoms with Gasteiger partial charge in [0.1, 0.15) is 0 Å². The van der Waals surface area contributed by atoms with E-state index in [2.05, 4.69) is 15.9 Å². The molecule has 0 bridgehead atoms. The number of aromatic nitrogens is 2. The molecule has 0 spiro atoms. The van der Waals surface area contributed by atoms with Crippen LogP contribution in [0.25, 0.3) is 5.69 Å². The number of carbonyl (C=O) groups excluding carboxylic acids is 1. The van der Waals surface area contributed by atoms with Gasteiger partial charge >= 0.3 is 5.69 Å². The third kappa shape index (κ3) is 2.29. The first-order chi connectivity index (χ1) is 8.91. The molecular formula is C11H8BrN3O4. The van der Waals surface area contributed by atoms with Gasteiger partial charge in [-0.05, 0) is 18.2 Å². The van der Waals surface area contributed by atoms with Crippen molar-refractivity contribution in [3.8, 4) is 11.6 Å². The molecule has 0 saturated heterocycles. The summed E-state index contributed by atoms with van der Waals surface area (Å²) in [4.78, 5) is 36.2. The van der Waals surface area contributed by atoms with Crippen LogP contribution in [-0.2, 0) is 0 Å². The Morgan fingerprint density at radius 1 is 1.37 bits per heavy atom. The molecule has 2 rings (SSSR count). The summed E-state index contributed by atoms with van der Waals surface area (Å²) < 4.78 is 1.44. The smallest absolute Gasteiger partial charge is 0.335 e. The molecule has 0 radical (unpaired) electrons. The number of aromatic hydroxyl groups is 1. The minimum Gasteiger partial charge on any atom is -0.493 e. The molecule has 98 valence electrons. The average Bonchev–Trinajstić information content (AvgIpc) is 2.27. The Kier molecular flexibility index (Phi) is 3.26. The van der Waals surface area contributed by atoms with E-state index < -0.39 is 28.6 Å². The van der Waals surface area contributed by atoms with Crippen LogP contribution in [0.1, 0.15) is 10.4 Å². The van der Waals surface area contributed by atoms with Crippen LogP contribution in [0.4, 0.5) is 0 Å². The average molecular weight is 326 g/mol. The van der Waals surface area contributed by atoms with Gasteiger partial charge in [-0.1, -0.05) is 22.0 Å². The zero-order chi connectivity index (χ0) is 14.2. The van der Waals surface area contributed by atoms with E-state index in [-0.39, 0.29) is 5.69 Å². The van der Waals surface area contributed by atoms with Gasteiger partial charge in [-0.2, -0.15) is 0 Å². The molecular weight excluding hydrogens is 318 g/mol. The molecule has 7 nitrogen and oxygen atoms in total. The summed E-state index contributed by atoms with van der Waals surface area (Å²) in [7, 11) is 0. The monoisotopic (exact) mass is 325 g/mol. The number of carbonyl (C=O) groups is 1. The topological polar surface area (TPSA) is 118 Å². The van der Waals surface area contributed by atoms with Crippen molar-refractivity contribution in [1.29, 1.82) is 0 Å². The van der Waals surface area contributed by atoms with Crippen LogP contribution in [0.3, 0.4) is 0 Å². The largest absolute Gasteiger partial charge is 0.493 e. The van der Waals surface area contributed by atoms with Crippen molar-refractivity contribution in [2.75, 3.05) is 0 Å². The predicted molar refractivity (Wildman–Crippen MR) is 70.5 cm³/mol. The molecule has 1 heterocycles. The summed E-state index contributed by atoms with van der Waals surface area (Å²) in [6.07, 6.45) is 0. The summed E-state index contributed by atoms with van der Waals surface area (Å²) in [6, 6.07) is 6.39. The lowest BCUT2D eigenvalue weighted by Crippen LogP contribution is -2.34. The van der Waals surface area contributed by atoms with E-state index in [1.54, 1.807) is 12.1 Å². The molecule has 19 heavy (non-hydrogen) atoms. The molecule has 0 aliphatic rings. The lowest BCUT2D eigenvalue weighted by Gasteiger charge is -2.09. The Morgan fingerprint density at radius 3 is 2.63 bits per heavy atom. The molecule has 0 unspecified atom stereocenters. The second-order valence-corrected chi connectivity index (χ2v) is 4.55. The number of primary amides is 1. The fraction of sp³-hybridized carbons (Fsp3) is 0. The third-order valence-corrected chi connectivity index (χ3v) is 2.89. The predicted octanol–water partition coefficient (Wildman–Crippen LogP) is 0.0928. The highest BCUT2D eigenvalue weighted by molar-refractivity contribution is 9.10. The first kappa shape index (κ1) is 13.1. The van der Waals surface area contributed by atoms with Crippen LogP contribution in [0, 0.1) is 0 Å². The molecule has 8 heteroatoms. The fourth-order valence-electron chi connectivity index (χ4n) is 1.60. The lowest BCUT2D eigenvalue weighted by atomic mass is 10.2. The van der Waals surface area contributed by atoms with Gasteiger partial charge in [-0.15, -0.1) is 0 Å². The number of amides is 1. The summed E-state index contributed by atoms with van der Waals surface area (Å²) in [5, 5.41) is 9.89. The van der Waals surface area contributed by atoms with Crippen molar-refractivity contribution >= 4 is 21.8 Å². The number of hydrogen-bond donors (Lipinski definition) is 3. The number of aromatic amines is 1. The highest BCUT2D eigenvalue weighted by Gasteiger charge is 2.19. The van der Waals surface area contributed by atoms with Crippen molar-refractivity contribution in [1.82, 2.24) is 9.55 Å². The van der Waals surface area contributed by atoms with Gasteiger partial charge in [0.2, 0.25) is 5.88 Å². The van der Waals surface area contributed by atoms with E-state index in [1.807, 2.05) is 4.98 Å². The van der Waals surface area contributed by atoms with Gasteiger partial charge in [-0.3, -0.25) is 14.6 Å². The van der Waals surface area contributed by atoms with Crippen LogP contribution in [-0.4, -0.2) is 20.6 Å². The Bertz CT molecular complexity index is 778. The second kappa shape index (κ2) is 4.73. The fourth-order valence-corrected chi connectivity index (χ4v) is 1.99. The molecule has 1 amide bonds. The lowest BCUT2D eigenvalue weighted by molar-refractivity contribution is 0.0995. The highest BCUT2D eigenvalue weighted by atomic mass is 79.9. The normalized spacial score (nSPS) is 10.4. The zero-order valence-corrected chi connectivity index (χ0v) is 11.0. The number of halogens is 1.